The fraction of sp³-hybridized carbons (Fsp3) is 0.667. The molecule has 1 aromatic rings. The molecule has 22 heavy (non-hydrogen) atoms. The van der Waals surface area contributed by atoms with Crippen LogP contribution in [0.3, 0.4) is 0 Å². The van der Waals surface area contributed by atoms with Gasteiger partial charge < -0.3 is 9.84 Å². The van der Waals surface area contributed by atoms with Crippen LogP contribution in [0.2, 0.25) is 0 Å². The molecule has 0 amide bonds. The molecule has 0 bridgehead atoms. The van der Waals surface area contributed by atoms with E-state index >= 15 is 0 Å². The molecular weight excluding hydrogens is 298 g/mol. The quantitative estimate of drug-likeness (QED) is 0.550. The van der Waals surface area contributed by atoms with Gasteiger partial charge in [0.15, 0.2) is 0 Å². The maximum Gasteiger partial charge on any atom is 0.119 e. The predicted octanol–water partition coefficient (Wildman–Crippen LogP) is 3.99. The van der Waals surface area contributed by atoms with E-state index in [0.29, 0.717) is 5.88 Å². The maximum atomic E-state index is 10.1. The van der Waals surface area contributed by atoms with Gasteiger partial charge in [-0.25, -0.2) is 0 Å². The van der Waals surface area contributed by atoms with E-state index in [2.05, 4.69) is 4.90 Å². The zero-order chi connectivity index (χ0) is 15.6. The van der Waals surface area contributed by atoms with E-state index < -0.39 is 6.10 Å². The largest absolute Gasteiger partial charge is 0.492 e. The van der Waals surface area contributed by atoms with E-state index in [1.54, 1.807) is 0 Å². The molecule has 1 fully saturated rings. The second-order valence-corrected chi connectivity index (χ2v) is 6.40. The topological polar surface area (TPSA) is 32.7 Å². The van der Waals surface area contributed by atoms with Crippen LogP contribution in [0.25, 0.3) is 0 Å². The number of likely N-dealkylation sites (tertiary alicyclic amines) is 1. The van der Waals surface area contributed by atoms with Crippen molar-refractivity contribution in [2.24, 2.45) is 0 Å². The zero-order valence-electron chi connectivity index (χ0n) is 13.3. The Hall–Kier alpha value is -0.770. The van der Waals surface area contributed by atoms with Gasteiger partial charge in [-0.05, 0) is 62.9 Å². The molecule has 1 unspecified atom stereocenters. The average molecular weight is 326 g/mol. The van der Waals surface area contributed by atoms with Gasteiger partial charge in [0, 0.05) is 12.4 Å². The number of hydrogen-bond acceptors (Lipinski definition) is 3. The monoisotopic (exact) mass is 325 g/mol. The van der Waals surface area contributed by atoms with Crippen LogP contribution in [0.15, 0.2) is 24.3 Å². The van der Waals surface area contributed by atoms with Crippen molar-refractivity contribution in [3.63, 3.8) is 0 Å². The first-order chi connectivity index (χ1) is 10.8. The van der Waals surface area contributed by atoms with Gasteiger partial charge in [-0.3, -0.25) is 4.90 Å². The molecule has 1 heterocycles. The van der Waals surface area contributed by atoms with Crippen molar-refractivity contribution in [2.45, 2.75) is 44.6 Å². The van der Waals surface area contributed by atoms with E-state index in [1.165, 1.54) is 32.4 Å². The Balaban J connectivity index is 1.69. The van der Waals surface area contributed by atoms with Gasteiger partial charge >= 0.3 is 0 Å². The number of nitrogens with zero attached hydrogens (tertiary/aromatic N) is 1. The first-order valence-corrected chi connectivity index (χ1v) is 9.02. The first-order valence-electron chi connectivity index (χ1n) is 8.49. The summed E-state index contributed by atoms with van der Waals surface area (Å²) in [6.45, 7) is 4.15. The van der Waals surface area contributed by atoms with E-state index in [0.717, 1.165) is 43.7 Å². The summed E-state index contributed by atoms with van der Waals surface area (Å²) >= 11 is 5.65. The molecule has 0 aromatic heterocycles. The summed E-state index contributed by atoms with van der Waals surface area (Å²) in [6, 6.07) is 7.83. The minimum absolute atomic E-state index is 0.398. The molecule has 0 saturated carbocycles. The Morgan fingerprint density at radius 2 is 1.82 bits per heavy atom. The van der Waals surface area contributed by atoms with E-state index in [9.17, 15) is 5.11 Å². The van der Waals surface area contributed by atoms with Gasteiger partial charge in [0.2, 0.25) is 0 Å². The third-order valence-electron chi connectivity index (χ3n) is 4.25. The Morgan fingerprint density at radius 1 is 1.09 bits per heavy atom. The fourth-order valence-corrected chi connectivity index (χ4v) is 3.05. The van der Waals surface area contributed by atoms with E-state index in [1.807, 2.05) is 24.3 Å². The highest BCUT2D eigenvalue weighted by Crippen LogP contribution is 2.22. The fourth-order valence-electron chi connectivity index (χ4n) is 2.86. The number of aliphatic hydroxyl groups excluding tert-OH is 1. The third kappa shape index (κ3) is 6.15. The molecular formula is C18H28ClNO2. The second-order valence-electron chi connectivity index (χ2n) is 6.02. The molecule has 124 valence electrons. The van der Waals surface area contributed by atoms with Crippen molar-refractivity contribution in [1.29, 1.82) is 0 Å². The average Bonchev–Trinajstić information content (AvgIpc) is 2.56. The Bertz CT molecular complexity index is 404. The second kappa shape index (κ2) is 10.1. The van der Waals surface area contributed by atoms with Gasteiger partial charge in [0.25, 0.3) is 0 Å². The van der Waals surface area contributed by atoms with Crippen LogP contribution in [-0.4, -0.2) is 42.1 Å². The standard InChI is InChI=1S/C18H28ClNO2/c19-11-3-2-6-18(21)16-7-9-17(10-8-16)22-15-14-20-12-4-1-5-13-20/h7-10,18,21H,1-6,11-15H2. The predicted molar refractivity (Wildman–Crippen MR) is 91.8 cm³/mol. The summed E-state index contributed by atoms with van der Waals surface area (Å²) in [5.41, 5.74) is 0.956. The van der Waals surface area contributed by atoms with Crippen LogP contribution in [0.4, 0.5) is 0 Å². The molecule has 0 spiro atoms. The molecule has 0 aliphatic carbocycles. The molecule has 0 radical (unpaired) electrons. The van der Waals surface area contributed by atoms with Crippen LogP contribution in [0.5, 0.6) is 5.75 Å². The van der Waals surface area contributed by atoms with Crippen LogP contribution in [0, 0.1) is 0 Å². The number of unbranched alkanes of at least 4 members (excludes halogenated alkanes) is 1. The van der Waals surface area contributed by atoms with Gasteiger partial charge in [-0.2, -0.15) is 0 Å². The minimum atomic E-state index is -0.398. The molecule has 1 aromatic carbocycles. The number of piperidine rings is 1. The van der Waals surface area contributed by atoms with E-state index in [-0.39, 0.29) is 0 Å². The number of benzene rings is 1. The van der Waals surface area contributed by atoms with Crippen LogP contribution in [-0.2, 0) is 0 Å². The normalized spacial score (nSPS) is 17.4. The van der Waals surface area contributed by atoms with Crippen molar-refractivity contribution in [3.8, 4) is 5.75 Å². The van der Waals surface area contributed by atoms with E-state index in [4.69, 9.17) is 16.3 Å². The number of ether oxygens (including phenoxy) is 1. The zero-order valence-corrected chi connectivity index (χ0v) is 14.1. The summed E-state index contributed by atoms with van der Waals surface area (Å²) in [6.07, 6.45) is 6.28. The number of rotatable bonds is 9. The smallest absolute Gasteiger partial charge is 0.119 e. The Labute approximate surface area is 139 Å². The Morgan fingerprint density at radius 3 is 2.50 bits per heavy atom. The molecule has 2 rings (SSSR count). The van der Waals surface area contributed by atoms with Gasteiger partial charge in [-0.1, -0.05) is 18.6 Å². The van der Waals surface area contributed by atoms with Crippen LogP contribution < -0.4 is 4.74 Å². The van der Waals surface area contributed by atoms with Gasteiger partial charge in [0.05, 0.1) is 6.10 Å². The summed E-state index contributed by atoms with van der Waals surface area (Å²) < 4.78 is 5.80. The third-order valence-corrected chi connectivity index (χ3v) is 4.52. The van der Waals surface area contributed by atoms with Crippen molar-refractivity contribution in [2.75, 3.05) is 32.1 Å². The molecule has 1 atom stereocenters. The molecule has 1 saturated heterocycles. The van der Waals surface area contributed by atoms with Gasteiger partial charge in [0.1, 0.15) is 12.4 Å². The van der Waals surface area contributed by atoms with Gasteiger partial charge in [-0.15, -0.1) is 11.6 Å². The number of halogens is 1. The lowest BCUT2D eigenvalue weighted by Gasteiger charge is -2.26. The summed E-state index contributed by atoms with van der Waals surface area (Å²) in [5, 5.41) is 10.1. The number of alkyl halides is 1. The first kappa shape index (κ1) is 17.6. The SMILES string of the molecule is OC(CCCCCl)c1ccc(OCCN2CCCCC2)cc1. The maximum absolute atomic E-state index is 10.1. The number of hydrogen-bond donors (Lipinski definition) is 1. The van der Waals surface area contributed by atoms with Crippen molar-refractivity contribution in [1.82, 2.24) is 4.90 Å². The van der Waals surface area contributed by atoms with Crippen molar-refractivity contribution < 1.29 is 9.84 Å². The lowest BCUT2D eigenvalue weighted by molar-refractivity contribution is 0.164. The molecule has 3 nitrogen and oxygen atoms in total. The highest BCUT2D eigenvalue weighted by molar-refractivity contribution is 6.17. The van der Waals surface area contributed by atoms with Crippen LogP contribution >= 0.6 is 11.6 Å². The molecule has 1 aliphatic rings. The summed E-state index contributed by atoms with van der Waals surface area (Å²) in [5.74, 6) is 1.55. The molecule has 4 heteroatoms. The van der Waals surface area contributed by atoms with Crippen molar-refractivity contribution >= 4 is 11.6 Å². The molecule has 1 N–H and O–H groups in total. The van der Waals surface area contributed by atoms with Crippen molar-refractivity contribution in [3.05, 3.63) is 29.8 Å². The number of aliphatic hydroxyl groups is 1. The highest BCUT2D eigenvalue weighted by Gasteiger charge is 2.10. The summed E-state index contributed by atoms with van der Waals surface area (Å²) in [4.78, 5) is 2.47. The van der Waals surface area contributed by atoms with Crippen LogP contribution in [0.1, 0.15) is 50.2 Å². The lowest BCUT2D eigenvalue weighted by atomic mass is 10.0. The Kier molecular flexibility index (Phi) is 8.06. The summed E-state index contributed by atoms with van der Waals surface area (Å²) in [7, 11) is 0. The molecule has 1 aliphatic heterocycles. The lowest BCUT2D eigenvalue weighted by Crippen LogP contribution is -2.33. The minimum Gasteiger partial charge on any atom is -0.492 e. The highest BCUT2D eigenvalue weighted by atomic mass is 35.5.